The van der Waals surface area contributed by atoms with Crippen molar-refractivity contribution in [2.24, 2.45) is 0 Å². The van der Waals surface area contributed by atoms with Crippen LogP contribution in [0.2, 0.25) is 0 Å². The van der Waals surface area contributed by atoms with Crippen LogP contribution in [0.5, 0.6) is 11.8 Å². The molecular formula is C21H20BrF2N7OS. The third-order valence-corrected chi connectivity index (χ3v) is 6.73. The molecular weight excluding hydrogens is 516 g/mol. The maximum Gasteiger partial charge on any atom is 0.326 e. The summed E-state index contributed by atoms with van der Waals surface area (Å²) in [5.74, 6) is -0.503. The van der Waals surface area contributed by atoms with E-state index >= 15 is 4.39 Å². The summed E-state index contributed by atoms with van der Waals surface area (Å²) in [5.41, 5.74) is 0.746. The number of benzene rings is 1. The number of fused-ring (bicyclic) bond motifs is 1. The van der Waals surface area contributed by atoms with Crippen LogP contribution in [0.25, 0.3) is 10.9 Å². The zero-order chi connectivity index (χ0) is 23.1. The normalized spacial score (nSPS) is 14.8. The number of aromatic amines is 1. The minimum Gasteiger partial charge on any atom is -0.421 e. The minimum atomic E-state index is -0.678. The first-order chi connectivity index (χ1) is 15.9. The van der Waals surface area contributed by atoms with Crippen molar-refractivity contribution in [3.63, 3.8) is 0 Å². The lowest BCUT2D eigenvalue weighted by molar-refractivity contribution is 0.311. The molecule has 0 aliphatic carbocycles. The second-order valence-corrected chi connectivity index (χ2v) is 10.2. The number of thiazole rings is 1. The first-order valence-corrected chi connectivity index (χ1v) is 11.8. The van der Waals surface area contributed by atoms with Crippen LogP contribution in [0.15, 0.2) is 28.2 Å². The van der Waals surface area contributed by atoms with E-state index in [4.69, 9.17) is 4.74 Å². The van der Waals surface area contributed by atoms with Crippen molar-refractivity contribution in [3.8, 4) is 11.8 Å². The number of nitrogens with one attached hydrogen (secondary N) is 2. The van der Waals surface area contributed by atoms with Gasteiger partial charge in [0.25, 0.3) is 0 Å². The number of nitrogens with zero attached hydrogens (tertiary/aromatic N) is 5. The Morgan fingerprint density at radius 2 is 1.94 bits per heavy atom. The Hall–Kier alpha value is -2.83. The molecule has 2 N–H and O–H groups in total. The average molecular weight is 536 g/mol. The summed E-state index contributed by atoms with van der Waals surface area (Å²) in [6.45, 7) is 5.04. The molecule has 0 atom stereocenters. The van der Waals surface area contributed by atoms with Gasteiger partial charge in [0.15, 0.2) is 22.5 Å². The average Bonchev–Trinajstić information content (AvgIpc) is 3.37. The van der Waals surface area contributed by atoms with Crippen molar-refractivity contribution in [3.05, 3.63) is 45.5 Å². The van der Waals surface area contributed by atoms with E-state index in [-0.39, 0.29) is 22.7 Å². The Bertz CT molecular complexity index is 1320. The van der Waals surface area contributed by atoms with E-state index in [1.54, 1.807) is 19.2 Å². The number of aryl methyl sites for hydroxylation is 1. The molecule has 1 saturated heterocycles. The van der Waals surface area contributed by atoms with Crippen LogP contribution in [0.3, 0.4) is 0 Å². The molecule has 0 unspecified atom stereocenters. The Labute approximate surface area is 200 Å². The van der Waals surface area contributed by atoms with Gasteiger partial charge in [-0.25, -0.2) is 13.8 Å². The highest BCUT2D eigenvalue weighted by atomic mass is 79.9. The lowest BCUT2D eigenvalue weighted by atomic mass is 10.2. The molecule has 1 aliphatic heterocycles. The standard InChI is InChI=1S/C21H20BrF2N7OS/c1-11-7-12-18(24)14(8-13(23)19(12)26-11)32-20-27-16(28-21-25-10-15(22)33-21)9-17(29-20)31-5-3-30(2)4-6-31/h7-10,26H,3-6H2,1-2H3,(H,25,27,28,29). The number of anilines is 3. The topological polar surface area (TPSA) is 82.2 Å². The van der Waals surface area contributed by atoms with Gasteiger partial charge in [-0.3, -0.25) is 0 Å². The molecule has 1 aliphatic rings. The molecule has 172 valence electrons. The quantitative estimate of drug-likeness (QED) is 0.370. The Balaban J connectivity index is 1.51. The largest absolute Gasteiger partial charge is 0.421 e. The number of halogens is 3. The van der Waals surface area contributed by atoms with Crippen LogP contribution < -0.4 is 15.0 Å². The number of aromatic nitrogens is 4. The number of hydrogen-bond donors (Lipinski definition) is 2. The summed E-state index contributed by atoms with van der Waals surface area (Å²) in [5, 5.41) is 3.87. The number of likely N-dealkylation sites (N-methyl/N-ethyl adjacent to an activating group) is 1. The molecule has 0 bridgehead atoms. The Morgan fingerprint density at radius 3 is 2.67 bits per heavy atom. The number of ether oxygens (including phenoxy) is 1. The van der Waals surface area contributed by atoms with E-state index < -0.39 is 11.6 Å². The highest BCUT2D eigenvalue weighted by Crippen LogP contribution is 2.33. The highest BCUT2D eigenvalue weighted by molar-refractivity contribution is 9.11. The van der Waals surface area contributed by atoms with Gasteiger partial charge in [0.05, 0.1) is 15.5 Å². The maximum absolute atomic E-state index is 15.1. The highest BCUT2D eigenvalue weighted by Gasteiger charge is 2.21. The Kier molecular flexibility index (Phi) is 5.89. The first-order valence-electron chi connectivity index (χ1n) is 10.2. The van der Waals surface area contributed by atoms with Crippen molar-refractivity contribution in [1.29, 1.82) is 0 Å². The van der Waals surface area contributed by atoms with E-state index in [1.807, 2.05) is 0 Å². The fourth-order valence-corrected chi connectivity index (χ4v) is 4.76. The van der Waals surface area contributed by atoms with Crippen molar-refractivity contribution >= 4 is 54.9 Å². The first kappa shape index (κ1) is 22.0. The summed E-state index contributed by atoms with van der Waals surface area (Å²) in [6.07, 6.45) is 1.68. The van der Waals surface area contributed by atoms with E-state index in [0.717, 1.165) is 36.0 Å². The minimum absolute atomic E-state index is 0.0885. The number of H-pyrrole nitrogens is 1. The van der Waals surface area contributed by atoms with Gasteiger partial charge < -0.3 is 24.8 Å². The molecule has 0 amide bonds. The molecule has 1 fully saturated rings. The lowest BCUT2D eigenvalue weighted by Gasteiger charge is -2.33. The zero-order valence-electron chi connectivity index (χ0n) is 17.8. The van der Waals surface area contributed by atoms with E-state index in [1.165, 1.54) is 17.4 Å². The predicted octanol–water partition coefficient (Wildman–Crippen LogP) is 5.05. The summed E-state index contributed by atoms with van der Waals surface area (Å²) in [4.78, 5) is 20.3. The van der Waals surface area contributed by atoms with Gasteiger partial charge in [0.1, 0.15) is 11.6 Å². The van der Waals surface area contributed by atoms with Crippen molar-refractivity contribution in [2.45, 2.75) is 6.92 Å². The summed E-state index contributed by atoms with van der Waals surface area (Å²) in [6, 6.07) is 4.25. The molecule has 0 saturated carbocycles. The SMILES string of the molecule is Cc1cc2c(F)c(Oc3nc(Nc4ncc(Br)s4)cc(N4CCN(C)CC4)n3)cc(F)c2[nH]1. The predicted molar refractivity (Wildman–Crippen MR) is 128 cm³/mol. The molecule has 33 heavy (non-hydrogen) atoms. The van der Waals surface area contributed by atoms with Gasteiger partial charge in [-0.15, -0.1) is 0 Å². The van der Waals surface area contributed by atoms with Gasteiger partial charge in [0.2, 0.25) is 0 Å². The molecule has 4 heterocycles. The van der Waals surface area contributed by atoms with Gasteiger partial charge in [0, 0.05) is 49.4 Å². The van der Waals surface area contributed by atoms with Crippen LogP contribution in [-0.2, 0) is 0 Å². The van der Waals surface area contributed by atoms with Crippen LogP contribution in [0, 0.1) is 18.6 Å². The summed E-state index contributed by atoms with van der Waals surface area (Å²) in [7, 11) is 2.06. The fourth-order valence-electron chi connectivity index (χ4n) is 3.65. The molecule has 8 nitrogen and oxygen atoms in total. The van der Waals surface area contributed by atoms with Gasteiger partial charge in [-0.2, -0.15) is 9.97 Å². The maximum atomic E-state index is 15.1. The molecule has 5 rings (SSSR count). The van der Waals surface area contributed by atoms with Crippen LogP contribution in [-0.4, -0.2) is 58.1 Å². The van der Waals surface area contributed by atoms with E-state index in [9.17, 15) is 4.39 Å². The molecule has 4 aromatic rings. The van der Waals surface area contributed by atoms with Gasteiger partial charge >= 0.3 is 6.01 Å². The fraction of sp³-hybridized carbons (Fsp3) is 0.286. The summed E-state index contributed by atoms with van der Waals surface area (Å²) >= 11 is 4.79. The van der Waals surface area contributed by atoms with E-state index in [2.05, 4.69) is 58.0 Å². The molecule has 12 heteroatoms. The molecule has 3 aromatic heterocycles. The number of hydrogen-bond acceptors (Lipinski definition) is 8. The monoisotopic (exact) mass is 535 g/mol. The lowest BCUT2D eigenvalue weighted by Crippen LogP contribution is -2.44. The summed E-state index contributed by atoms with van der Waals surface area (Å²) < 4.78 is 36.2. The van der Waals surface area contributed by atoms with E-state index in [0.29, 0.717) is 22.5 Å². The molecule has 0 radical (unpaired) electrons. The van der Waals surface area contributed by atoms with Gasteiger partial charge in [-0.1, -0.05) is 11.3 Å². The third kappa shape index (κ3) is 4.63. The van der Waals surface area contributed by atoms with Crippen LogP contribution in [0.1, 0.15) is 5.69 Å². The third-order valence-electron chi connectivity index (χ3n) is 5.33. The van der Waals surface area contributed by atoms with Crippen molar-refractivity contribution in [2.75, 3.05) is 43.4 Å². The van der Waals surface area contributed by atoms with Gasteiger partial charge in [-0.05, 0) is 36.0 Å². The zero-order valence-corrected chi connectivity index (χ0v) is 20.2. The van der Waals surface area contributed by atoms with Crippen molar-refractivity contribution < 1.29 is 13.5 Å². The second kappa shape index (κ2) is 8.84. The van der Waals surface area contributed by atoms with Crippen LogP contribution in [0.4, 0.5) is 25.5 Å². The number of piperazine rings is 1. The second-order valence-electron chi connectivity index (χ2n) is 7.79. The smallest absolute Gasteiger partial charge is 0.326 e. The molecule has 0 spiro atoms. The Morgan fingerprint density at radius 1 is 1.15 bits per heavy atom. The number of rotatable bonds is 5. The molecule has 1 aromatic carbocycles. The van der Waals surface area contributed by atoms with Crippen LogP contribution >= 0.6 is 27.3 Å². The van der Waals surface area contributed by atoms with Crippen molar-refractivity contribution in [1.82, 2.24) is 24.8 Å².